The highest BCUT2D eigenvalue weighted by atomic mass is 19.1. The third-order valence-electron chi connectivity index (χ3n) is 6.08. The number of amides is 1. The van der Waals surface area contributed by atoms with E-state index in [1.54, 1.807) is 59.1 Å². The molecule has 1 aliphatic heterocycles. The van der Waals surface area contributed by atoms with E-state index in [1.807, 2.05) is 12.1 Å². The largest absolute Gasteiger partial charge is 0.508 e. The molecule has 1 N–H and O–H groups in total. The van der Waals surface area contributed by atoms with Crippen molar-refractivity contribution in [1.82, 2.24) is 14.7 Å². The first kappa shape index (κ1) is 22.7. The molecule has 8 heteroatoms. The van der Waals surface area contributed by atoms with Crippen molar-refractivity contribution in [2.45, 2.75) is 19.6 Å². The Morgan fingerprint density at radius 2 is 1.80 bits per heavy atom. The quantitative estimate of drug-likeness (QED) is 0.429. The molecule has 1 fully saturated rings. The van der Waals surface area contributed by atoms with Gasteiger partial charge in [0.25, 0.3) is 5.91 Å². The Morgan fingerprint density at radius 1 is 1.06 bits per heavy atom. The molecule has 35 heavy (non-hydrogen) atoms. The van der Waals surface area contributed by atoms with Gasteiger partial charge >= 0.3 is 0 Å². The predicted molar refractivity (Wildman–Crippen MR) is 126 cm³/mol. The molecule has 1 amide bonds. The van der Waals surface area contributed by atoms with Gasteiger partial charge in [0.1, 0.15) is 29.7 Å². The highest BCUT2D eigenvalue weighted by Gasteiger charge is 2.36. The topological polar surface area (TPSA) is 67.6 Å². The first-order valence-corrected chi connectivity index (χ1v) is 11.2. The van der Waals surface area contributed by atoms with E-state index in [1.165, 1.54) is 18.2 Å². The Balaban J connectivity index is 1.52. The molecule has 6 nitrogen and oxygen atoms in total. The summed E-state index contributed by atoms with van der Waals surface area (Å²) in [5.41, 5.74) is 3.96. The molecule has 1 saturated heterocycles. The van der Waals surface area contributed by atoms with E-state index < -0.39 is 6.23 Å². The molecule has 1 aliphatic rings. The molecule has 1 aromatic heterocycles. The zero-order chi connectivity index (χ0) is 24.5. The molecule has 0 bridgehead atoms. The van der Waals surface area contributed by atoms with Crippen LogP contribution in [0.3, 0.4) is 0 Å². The van der Waals surface area contributed by atoms with Gasteiger partial charge in [-0.2, -0.15) is 5.10 Å². The number of hydrogen-bond acceptors (Lipinski definition) is 4. The minimum Gasteiger partial charge on any atom is -0.508 e. The van der Waals surface area contributed by atoms with Crippen molar-refractivity contribution in [2.24, 2.45) is 0 Å². The third kappa shape index (κ3) is 4.65. The zero-order valence-electron chi connectivity index (χ0n) is 19.0. The van der Waals surface area contributed by atoms with E-state index in [9.17, 15) is 18.7 Å². The van der Waals surface area contributed by atoms with Crippen molar-refractivity contribution in [3.05, 3.63) is 101 Å². The number of rotatable bonds is 6. The summed E-state index contributed by atoms with van der Waals surface area (Å²) >= 11 is 0. The summed E-state index contributed by atoms with van der Waals surface area (Å²) in [5, 5.41) is 14.2. The van der Waals surface area contributed by atoms with Crippen LogP contribution >= 0.6 is 0 Å². The van der Waals surface area contributed by atoms with Crippen LogP contribution in [0.15, 0.2) is 72.9 Å². The molecule has 0 aliphatic carbocycles. The smallest absolute Gasteiger partial charge is 0.250 e. The molecule has 178 valence electrons. The fourth-order valence-electron chi connectivity index (χ4n) is 4.17. The van der Waals surface area contributed by atoms with Gasteiger partial charge in [-0.15, -0.1) is 0 Å². The summed E-state index contributed by atoms with van der Waals surface area (Å²) in [7, 11) is 0. The number of nitrogens with zero attached hydrogens (tertiary/aromatic N) is 3. The Kier molecular flexibility index (Phi) is 6.05. The number of phenolic OH excluding ortho intramolecular Hbond substituents is 1. The highest BCUT2D eigenvalue weighted by Crippen LogP contribution is 2.35. The summed E-state index contributed by atoms with van der Waals surface area (Å²) in [5.74, 6) is -0.652. The Hall–Kier alpha value is -4.04. The van der Waals surface area contributed by atoms with E-state index in [0.29, 0.717) is 41.0 Å². The van der Waals surface area contributed by atoms with Crippen LogP contribution in [0.5, 0.6) is 5.75 Å². The first-order chi connectivity index (χ1) is 16.9. The van der Waals surface area contributed by atoms with Crippen molar-refractivity contribution < 1.29 is 23.4 Å². The highest BCUT2D eigenvalue weighted by molar-refractivity contribution is 5.80. The number of aromatic nitrogens is 2. The second-order valence-corrected chi connectivity index (χ2v) is 8.48. The lowest BCUT2D eigenvalue weighted by molar-refractivity contribution is -0.128. The molecule has 0 spiro atoms. The fraction of sp³-hybridized carbons (Fsp3) is 0.185. The molecule has 0 radical (unpaired) electrons. The summed E-state index contributed by atoms with van der Waals surface area (Å²) in [6, 6.07) is 17.5. The minimum atomic E-state index is -0.685. The first-order valence-electron chi connectivity index (χ1n) is 11.2. The van der Waals surface area contributed by atoms with E-state index in [4.69, 9.17) is 9.84 Å². The summed E-state index contributed by atoms with van der Waals surface area (Å²) in [6.07, 6.45) is 1.65. The normalized spacial score (nSPS) is 15.7. The van der Waals surface area contributed by atoms with Gasteiger partial charge in [0.05, 0.1) is 5.69 Å². The SMILES string of the molecule is Cc1cc(-n2cc([C@H]3OCC(=O)N3CCc3ccc(O)cc3)c(-c3ccc(F)cc3)n2)ccc1F. The van der Waals surface area contributed by atoms with Crippen LogP contribution in [0.1, 0.15) is 22.9 Å². The summed E-state index contributed by atoms with van der Waals surface area (Å²) < 4.78 is 35.0. The van der Waals surface area contributed by atoms with Gasteiger partial charge < -0.3 is 14.7 Å². The Bertz CT molecular complexity index is 1370. The van der Waals surface area contributed by atoms with Gasteiger partial charge in [0.2, 0.25) is 0 Å². The number of halogens is 2. The predicted octanol–water partition coefficient (Wildman–Crippen LogP) is 4.93. The number of aryl methyl sites for hydroxylation is 1. The minimum absolute atomic E-state index is 0.0655. The lowest BCUT2D eigenvalue weighted by atomic mass is 10.1. The van der Waals surface area contributed by atoms with Crippen LogP contribution in [0.2, 0.25) is 0 Å². The number of ether oxygens (including phenoxy) is 1. The number of hydrogen-bond donors (Lipinski definition) is 1. The fourth-order valence-corrected chi connectivity index (χ4v) is 4.17. The van der Waals surface area contributed by atoms with Crippen LogP contribution in [0.25, 0.3) is 16.9 Å². The average Bonchev–Trinajstić information content (AvgIpc) is 3.44. The van der Waals surface area contributed by atoms with Gasteiger partial charge in [-0.25, -0.2) is 13.5 Å². The van der Waals surface area contributed by atoms with Gasteiger partial charge in [0.15, 0.2) is 6.23 Å². The lowest BCUT2D eigenvalue weighted by Crippen LogP contribution is -2.30. The monoisotopic (exact) mass is 475 g/mol. The van der Waals surface area contributed by atoms with Crippen molar-refractivity contribution in [3.63, 3.8) is 0 Å². The summed E-state index contributed by atoms with van der Waals surface area (Å²) in [6.45, 7) is 2.01. The van der Waals surface area contributed by atoms with Crippen LogP contribution < -0.4 is 0 Å². The third-order valence-corrected chi connectivity index (χ3v) is 6.08. The number of phenols is 1. The molecular formula is C27H23F2N3O3. The molecule has 1 atom stereocenters. The number of carbonyl (C=O) groups is 1. The molecule has 5 rings (SSSR count). The zero-order valence-corrected chi connectivity index (χ0v) is 19.0. The number of benzene rings is 3. The number of aromatic hydroxyl groups is 1. The Labute approximate surface area is 201 Å². The molecule has 0 unspecified atom stereocenters. The lowest BCUT2D eigenvalue weighted by Gasteiger charge is -2.23. The van der Waals surface area contributed by atoms with Gasteiger partial charge in [-0.3, -0.25) is 4.79 Å². The maximum Gasteiger partial charge on any atom is 0.250 e. The molecule has 2 heterocycles. The maximum absolute atomic E-state index is 13.8. The second-order valence-electron chi connectivity index (χ2n) is 8.48. The van der Waals surface area contributed by atoms with E-state index in [2.05, 4.69) is 0 Å². The standard InChI is InChI=1S/C27H23F2N3O3/c1-17-14-21(8-11-24(17)29)32-15-23(26(30-32)19-4-6-20(28)7-5-19)27-31(25(34)16-35-27)13-12-18-2-9-22(33)10-3-18/h2-11,14-15,27,33H,12-13,16H2,1H3/t27-/m1/s1. The molecule has 0 saturated carbocycles. The van der Waals surface area contributed by atoms with E-state index in [-0.39, 0.29) is 29.9 Å². The van der Waals surface area contributed by atoms with E-state index >= 15 is 0 Å². The average molecular weight is 475 g/mol. The molecule has 4 aromatic rings. The summed E-state index contributed by atoms with van der Waals surface area (Å²) in [4.78, 5) is 14.4. The Morgan fingerprint density at radius 3 is 2.51 bits per heavy atom. The van der Waals surface area contributed by atoms with Crippen LogP contribution in [0, 0.1) is 18.6 Å². The molecule has 3 aromatic carbocycles. The van der Waals surface area contributed by atoms with Gasteiger partial charge in [-0.1, -0.05) is 12.1 Å². The van der Waals surface area contributed by atoms with Gasteiger partial charge in [-0.05, 0) is 79.1 Å². The van der Waals surface area contributed by atoms with E-state index in [0.717, 1.165) is 5.56 Å². The van der Waals surface area contributed by atoms with Crippen molar-refractivity contribution in [3.8, 4) is 22.7 Å². The second kappa shape index (κ2) is 9.31. The number of carbonyl (C=O) groups excluding carboxylic acids is 1. The van der Waals surface area contributed by atoms with Crippen molar-refractivity contribution >= 4 is 5.91 Å². The van der Waals surface area contributed by atoms with Crippen LogP contribution in [-0.2, 0) is 16.0 Å². The van der Waals surface area contributed by atoms with Crippen molar-refractivity contribution in [1.29, 1.82) is 0 Å². The van der Waals surface area contributed by atoms with Crippen LogP contribution in [0.4, 0.5) is 8.78 Å². The van der Waals surface area contributed by atoms with Gasteiger partial charge in [0, 0.05) is 23.9 Å². The van der Waals surface area contributed by atoms with Crippen molar-refractivity contribution in [2.75, 3.05) is 13.2 Å². The maximum atomic E-state index is 13.8. The van der Waals surface area contributed by atoms with Crippen LogP contribution in [-0.4, -0.2) is 38.8 Å². The molecular weight excluding hydrogens is 452 g/mol.